The Balaban J connectivity index is 2.54. The topological polar surface area (TPSA) is 66.8 Å². The van der Waals surface area contributed by atoms with E-state index in [2.05, 4.69) is 0 Å². The Bertz CT molecular complexity index is 432. The van der Waals surface area contributed by atoms with Crippen molar-refractivity contribution in [3.8, 4) is 5.75 Å². The summed E-state index contributed by atoms with van der Waals surface area (Å²) in [5, 5.41) is 8.82. The van der Waals surface area contributed by atoms with Gasteiger partial charge in [-0.3, -0.25) is 9.59 Å². The smallest absolute Gasteiger partial charge is 0.308 e. The van der Waals surface area contributed by atoms with Crippen LogP contribution in [0.3, 0.4) is 0 Å². The van der Waals surface area contributed by atoms with E-state index in [4.69, 9.17) is 9.84 Å². The van der Waals surface area contributed by atoms with Crippen LogP contribution < -0.4 is 4.74 Å². The fraction of sp³-hybridized carbons (Fsp3) is 0.429. The summed E-state index contributed by atoms with van der Waals surface area (Å²) >= 11 is 0. The highest BCUT2D eigenvalue weighted by Crippen LogP contribution is 2.12. The van der Waals surface area contributed by atoms with Crippen LogP contribution in [0.1, 0.15) is 13.8 Å². The molecule has 5 heteroatoms. The maximum Gasteiger partial charge on any atom is 0.308 e. The van der Waals surface area contributed by atoms with Gasteiger partial charge in [0.05, 0.1) is 5.92 Å². The molecule has 0 saturated heterocycles. The number of para-hydroxylation sites is 1. The number of aliphatic carboxylic acids is 1. The number of hydrogen-bond donors (Lipinski definition) is 1. The summed E-state index contributed by atoms with van der Waals surface area (Å²) in [7, 11) is 1.58. The van der Waals surface area contributed by atoms with Crippen molar-refractivity contribution in [1.82, 2.24) is 4.90 Å². The molecule has 0 aromatic heterocycles. The summed E-state index contributed by atoms with van der Waals surface area (Å²) in [6.07, 6.45) is -0.645. The molecule has 2 atom stereocenters. The number of carboxylic acids is 1. The van der Waals surface area contributed by atoms with E-state index in [1.165, 1.54) is 4.90 Å². The molecule has 104 valence electrons. The number of carbonyl (C=O) groups is 2. The van der Waals surface area contributed by atoms with Gasteiger partial charge in [-0.15, -0.1) is 0 Å². The zero-order valence-corrected chi connectivity index (χ0v) is 11.4. The quantitative estimate of drug-likeness (QED) is 0.849. The van der Waals surface area contributed by atoms with Crippen LogP contribution in [-0.2, 0) is 9.59 Å². The summed E-state index contributed by atoms with van der Waals surface area (Å²) in [5.41, 5.74) is 0. The lowest BCUT2D eigenvalue weighted by molar-refractivity contribution is -0.144. The van der Waals surface area contributed by atoms with Crippen molar-refractivity contribution in [1.29, 1.82) is 0 Å². The summed E-state index contributed by atoms with van der Waals surface area (Å²) in [6, 6.07) is 9.04. The minimum absolute atomic E-state index is 0.163. The normalized spacial score (nSPS) is 13.4. The van der Waals surface area contributed by atoms with Crippen LogP contribution in [-0.4, -0.2) is 41.6 Å². The zero-order valence-electron chi connectivity index (χ0n) is 11.4. The highest BCUT2D eigenvalue weighted by Gasteiger charge is 2.22. The highest BCUT2D eigenvalue weighted by atomic mass is 16.5. The van der Waals surface area contributed by atoms with Gasteiger partial charge < -0.3 is 14.7 Å². The lowest BCUT2D eigenvalue weighted by atomic mass is 10.1. The first-order valence-electron chi connectivity index (χ1n) is 6.11. The van der Waals surface area contributed by atoms with Gasteiger partial charge in [0.1, 0.15) is 5.75 Å². The molecule has 0 aliphatic heterocycles. The molecule has 2 unspecified atom stereocenters. The Morgan fingerprint density at radius 2 is 1.84 bits per heavy atom. The number of nitrogens with zero attached hydrogens (tertiary/aromatic N) is 1. The van der Waals surface area contributed by atoms with Gasteiger partial charge in [0, 0.05) is 13.6 Å². The van der Waals surface area contributed by atoms with Gasteiger partial charge in [-0.1, -0.05) is 25.1 Å². The van der Waals surface area contributed by atoms with Gasteiger partial charge in [-0.2, -0.15) is 0 Å². The van der Waals surface area contributed by atoms with E-state index in [9.17, 15) is 9.59 Å². The summed E-state index contributed by atoms with van der Waals surface area (Å²) < 4.78 is 5.50. The molecule has 0 heterocycles. The first kappa shape index (κ1) is 15.0. The van der Waals surface area contributed by atoms with Gasteiger partial charge >= 0.3 is 5.97 Å². The number of amides is 1. The Morgan fingerprint density at radius 3 is 2.37 bits per heavy atom. The SMILES string of the molecule is CC(CN(C)C(=O)C(C)Oc1ccccc1)C(=O)O. The highest BCUT2D eigenvalue weighted by molar-refractivity contribution is 5.81. The number of benzene rings is 1. The first-order valence-corrected chi connectivity index (χ1v) is 6.11. The second-order valence-electron chi connectivity index (χ2n) is 4.53. The molecule has 0 bridgehead atoms. The Morgan fingerprint density at radius 1 is 1.26 bits per heavy atom. The van der Waals surface area contributed by atoms with E-state index in [1.54, 1.807) is 33.0 Å². The first-order chi connectivity index (χ1) is 8.91. The average molecular weight is 265 g/mol. The second-order valence-corrected chi connectivity index (χ2v) is 4.53. The van der Waals surface area contributed by atoms with Crippen LogP contribution in [0.4, 0.5) is 0 Å². The van der Waals surface area contributed by atoms with Gasteiger partial charge in [0.15, 0.2) is 6.10 Å². The van der Waals surface area contributed by atoms with Gasteiger partial charge in [-0.05, 0) is 19.1 Å². The van der Waals surface area contributed by atoms with Crippen molar-refractivity contribution < 1.29 is 19.4 Å². The molecule has 1 aromatic carbocycles. The maximum absolute atomic E-state index is 12.0. The van der Waals surface area contributed by atoms with E-state index in [0.29, 0.717) is 5.75 Å². The predicted molar refractivity (Wildman–Crippen MR) is 71.0 cm³/mol. The molecule has 1 amide bonds. The van der Waals surface area contributed by atoms with Crippen molar-refractivity contribution >= 4 is 11.9 Å². The summed E-state index contributed by atoms with van der Waals surface area (Å²) in [4.78, 5) is 24.1. The van der Waals surface area contributed by atoms with Crippen LogP contribution in [0.5, 0.6) is 5.75 Å². The van der Waals surface area contributed by atoms with Crippen molar-refractivity contribution in [3.05, 3.63) is 30.3 Å². The number of ether oxygens (including phenoxy) is 1. The number of carboxylic acid groups (broad SMARTS) is 1. The number of hydrogen-bond acceptors (Lipinski definition) is 3. The molecule has 0 aliphatic rings. The molecule has 19 heavy (non-hydrogen) atoms. The molecule has 0 aliphatic carbocycles. The molecule has 0 radical (unpaired) electrons. The monoisotopic (exact) mass is 265 g/mol. The van der Waals surface area contributed by atoms with Gasteiger partial charge in [0.2, 0.25) is 0 Å². The summed E-state index contributed by atoms with van der Waals surface area (Å²) in [6.45, 7) is 3.38. The van der Waals surface area contributed by atoms with Crippen LogP contribution in [0, 0.1) is 5.92 Å². The van der Waals surface area contributed by atoms with Crippen LogP contribution in [0.25, 0.3) is 0 Å². The van der Waals surface area contributed by atoms with E-state index in [1.807, 2.05) is 18.2 Å². The second kappa shape index (κ2) is 6.78. The maximum atomic E-state index is 12.0. The molecule has 1 rings (SSSR count). The standard InChI is InChI=1S/C14H19NO4/c1-10(14(17)18)9-15(3)13(16)11(2)19-12-7-5-4-6-8-12/h4-8,10-11H,9H2,1-3H3,(H,17,18). The number of carbonyl (C=O) groups excluding carboxylic acids is 1. The zero-order chi connectivity index (χ0) is 14.4. The van der Waals surface area contributed by atoms with Crippen LogP contribution >= 0.6 is 0 Å². The molecular formula is C14H19NO4. The van der Waals surface area contributed by atoms with Crippen molar-refractivity contribution in [2.24, 2.45) is 5.92 Å². The Kier molecular flexibility index (Phi) is 5.36. The Labute approximate surface area is 112 Å². The van der Waals surface area contributed by atoms with Crippen molar-refractivity contribution in [2.45, 2.75) is 20.0 Å². The molecule has 0 fully saturated rings. The van der Waals surface area contributed by atoms with E-state index in [0.717, 1.165) is 0 Å². The third kappa shape index (κ3) is 4.62. The van der Waals surface area contributed by atoms with Gasteiger partial charge in [0.25, 0.3) is 5.91 Å². The Hall–Kier alpha value is -2.04. The van der Waals surface area contributed by atoms with Crippen molar-refractivity contribution in [3.63, 3.8) is 0 Å². The largest absolute Gasteiger partial charge is 0.481 e. The molecular weight excluding hydrogens is 246 g/mol. The molecule has 1 aromatic rings. The predicted octanol–water partition coefficient (Wildman–Crippen LogP) is 1.63. The fourth-order valence-electron chi connectivity index (χ4n) is 1.64. The summed E-state index contributed by atoms with van der Waals surface area (Å²) in [5.74, 6) is -1.14. The third-order valence-corrected chi connectivity index (χ3v) is 2.75. The minimum Gasteiger partial charge on any atom is -0.481 e. The van der Waals surface area contributed by atoms with E-state index in [-0.39, 0.29) is 12.5 Å². The molecule has 0 saturated carbocycles. The molecule has 1 N–H and O–H groups in total. The lowest BCUT2D eigenvalue weighted by Gasteiger charge is -2.23. The average Bonchev–Trinajstić information content (AvgIpc) is 2.38. The lowest BCUT2D eigenvalue weighted by Crippen LogP contribution is -2.41. The number of likely N-dealkylation sites (N-methyl/N-ethyl adjacent to an activating group) is 1. The minimum atomic E-state index is -0.920. The van der Waals surface area contributed by atoms with Gasteiger partial charge in [-0.25, -0.2) is 0 Å². The molecule has 5 nitrogen and oxygen atoms in total. The van der Waals surface area contributed by atoms with Crippen molar-refractivity contribution in [2.75, 3.05) is 13.6 Å². The van der Waals surface area contributed by atoms with E-state index < -0.39 is 18.0 Å². The third-order valence-electron chi connectivity index (χ3n) is 2.75. The number of rotatable bonds is 6. The molecule has 0 spiro atoms. The van der Waals surface area contributed by atoms with Crippen LogP contribution in [0.2, 0.25) is 0 Å². The fourth-order valence-corrected chi connectivity index (χ4v) is 1.64. The van der Waals surface area contributed by atoms with Crippen LogP contribution in [0.15, 0.2) is 30.3 Å². The van der Waals surface area contributed by atoms with E-state index >= 15 is 0 Å².